The van der Waals surface area contributed by atoms with Crippen molar-refractivity contribution in [2.75, 3.05) is 11.5 Å². The highest BCUT2D eigenvalue weighted by Crippen LogP contribution is 2.23. The van der Waals surface area contributed by atoms with E-state index in [1.807, 2.05) is 18.5 Å². The van der Waals surface area contributed by atoms with E-state index >= 15 is 0 Å². The fourth-order valence-corrected chi connectivity index (χ4v) is 5.67. The lowest BCUT2D eigenvalue weighted by atomic mass is 10.0. The van der Waals surface area contributed by atoms with Crippen molar-refractivity contribution in [3.05, 3.63) is 58.4 Å². The quantitative estimate of drug-likeness (QED) is 0.781. The number of carbonyl (C=O) groups excluding carboxylic acids is 1. The van der Waals surface area contributed by atoms with E-state index in [1.54, 1.807) is 13.0 Å². The van der Waals surface area contributed by atoms with Gasteiger partial charge < -0.3 is 5.32 Å². The summed E-state index contributed by atoms with van der Waals surface area (Å²) < 4.78 is 25.3. The molecule has 1 fully saturated rings. The Morgan fingerprint density at radius 1 is 1.25 bits per heavy atom. The number of sulfone groups is 1. The molecule has 0 radical (unpaired) electrons. The first kappa shape index (κ1) is 20.3. The molecule has 28 heavy (non-hydrogen) atoms. The van der Waals surface area contributed by atoms with E-state index in [9.17, 15) is 13.2 Å². The van der Waals surface area contributed by atoms with E-state index < -0.39 is 15.4 Å². The smallest absolute Gasteiger partial charge is 0.244 e. The van der Waals surface area contributed by atoms with Crippen molar-refractivity contribution < 1.29 is 13.2 Å². The Hall–Kier alpha value is -2.41. The lowest BCUT2D eigenvalue weighted by molar-refractivity contribution is -0.117. The summed E-state index contributed by atoms with van der Waals surface area (Å²) in [4.78, 5) is 12.3. The van der Waals surface area contributed by atoms with Crippen molar-refractivity contribution in [2.24, 2.45) is 0 Å². The van der Waals surface area contributed by atoms with Gasteiger partial charge in [-0.15, -0.1) is 0 Å². The lowest BCUT2D eigenvalue weighted by Crippen LogP contribution is -2.46. The normalized spacial score (nSPS) is 21.3. The highest BCUT2D eigenvalue weighted by atomic mass is 32.2. The second-order valence-electron chi connectivity index (χ2n) is 7.95. The van der Waals surface area contributed by atoms with Crippen LogP contribution in [0.5, 0.6) is 0 Å². The SMILES string of the molecule is Cc1ccc(Cn2nc(C)c(/C=C/C(=O)NC3(C)CCS(=O)(=O)C3)c2C)cc1. The number of nitrogens with one attached hydrogen (secondary N) is 1. The predicted octanol–water partition coefficient (Wildman–Crippen LogP) is 2.56. The summed E-state index contributed by atoms with van der Waals surface area (Å²) >= 11 is 0. The number of rotatable bonds is 5. The van der Waals surface area contributed by atoms with Crippen LogP contribution in [0.4, 0.5) is 0 Å². The Balaban J connectivity index is 1.71. The largest absolute Gasteiger partial charge is 0.346 e. The third kappa shape index (κ3) is 4.70. The van der Waals surface area contributed by atoms with Gasteiger partial charge in [0.2, 0.25) is 5.91 Å². The molecule has 1 aromatic heterocycles. The van der Waals surface area contributed by atoms with Crippen LogP contribution in [0.2, 0.25) is 0 Å². The van der Waals surface area contributed by atoms with Gasteiger partial charge in [0.1, 0.15) is 0 Å². The zero-order chi connectivity index (χ0) is 20.5. The maximum atomic E-state index is 12.3. The standard InChI is InChI=1S/C21H27N3O3S/c1-15-5-7-18(8-6-15)13-24-17(3)19(16(2)23-24)9-10-20(25)22-21(4)11-12-28(26,27)14-21/h5-10H,11-14H2,1-4H3,(H,22,25)/b10-9+. The molecule has 0 aliphatic carbocycles. The van der Waals surface area contributed by atoms with E-state index in [-0.39, 0.29) is 17.4 Å². The van der Waals surface area contributed by atoms with Gasteiger partial charge in [-0.25, -0.2) is 8.42 Å². The topological polar surface area (TPSA) is 81.1 Å². The molecule has 0 spiro atoms. The number of amides is 1. The highest BCUT2D eigenvalue weighted by Gasteiger charge is 2.39. The van der Waals surface area contributed by atoms with Crippen LogP contribution >= 0.6 is 0 Å². The third-order valence-corrected chi connectivity index (χ3v) is 7.12. The minimum absolute atomic E-state index is 0.00782. The van der Waals surface area contributed by atoms with Crippen LogP contribution in [-0.2, 0) is 21.2 Å². The average Bonchev–Trinajstić information content (AvgIpc) is 3.03. The number of aromatic nitrogens is 2. The summed E-state index contributed by atoms with van der Waals surface area (Å²) in [5.74, 6) is -0.173. The van der Waals surface area contributed by atoms with Crippen LogP contribution in [0.25, 0.3) is 6.08 Å². The average molecular weight is 402 g/mol. The van der Waals surface area contributed by atoms with Gasteiger partial charge in [-0.2, -0.15) is 5.10 Å². The Kier molecular flexibility index (Phi) is 5.48. The molecular weight excluding hydrogens is 374 g/mol. The number of aryl methyl sites for hydroxylation is 2. The van der Waals surface area contributed by atoms with E-state index in [1.165, 1.54) is 17.2 Å². The Labute approximate surface area is 166 Å². The summed E-state index contributed by atoms with van der Waals surface area (Å²) in [6.45, 7) is 8.41. The van der Waals surface area contributed by atoms with Gasteiger partial charge in [0.25, 0.3) is 0 Å². The maximum absolute atomic E-state index is 12.3. The molecule has 7 heteroatoms. The summed E-state index contributed by atoms with van der Waals surface area (Å²) in [5, 5.41) is 7.44. The van der Waals surface area contributed by atoms with Crippen LogP contribution in [0, 0.1) is 20.8 Å². The van der Waals surface area contributed by atoms with Crippen molar-refractivity contribution in [1.29, 1.82) is 0 Å². The van der Waals surface area contributed by atoms with Crippen LogP contribution in [0.15, 0.2) is 30.3 Å². The number of nitrogens with zero attached hydrogens (tertiary/aromatic N) is 2. The molecule has 3 rings (SSSR count). The van der Waals surface area contributed by atoms with Crippen LogP contribution in [-0.4, -0.2) is 41.2 Å². The highest BCUT2D eigenvalue weighted by molar-refractivity contribution is 7.91. The second-order valence-corrected chi connectivity index (χ2v) is 10.1. The van der Waals surface area contributed by atoms with Gasteiger partial charge in [-0.3, -0.25) is 9.48 Å². The fraction of sp³-hybridized carbons (Fsp3) is 0.429. The molecular formula is C21H27N3O3S. The Bertz CT molecular complexity index is 1020. The van der Waals surface area contributed by atoms with Crippen molar-refractivity contribution in [3.63, 3.8) is 0 Å². The third-order valence-electron chi connectivity index (χ3n) is 5.22. The zero-order valence-corrected chi connectivity index (χ0v) is 17.6. The van der Waals surface area contributed by atoms with Gasteiger partial charge in [-0.1, -0.05) is 29.8 Å². The van der Waals surface area contributed by atoms with Crippen molar-refractivity contribution >= 4 is 21.8 Å². The number of benzene rings is 1. The molecule has 1 aliphatic rings. The second kappa shape index (κ2) is 7.54. The van der Waals surface area contributed by atoms with Gasteiger partial charge in [0.15, 0.2) is 9.84 Å². The molecule has 1 atom stereocenters. The monoisotopic (exact) mass is 401 g/mol. The molecule has 0 saturated carbocycles. The molecule has 1 aromatic carbocycles. The Morgan fingerprint density at radius 3 is 2.54 bits per heavy atom. The fourth-order valence-electron chi connectivity index (χ4n) is 3.58. The number of hydrogen-bond acceptors (Lipinski definition) is 4. The Morgan fingerprint density at radius 2 is 1.93 bits per heavy atom. The first-order chi connectivity index (χ1) is 13.1. The molecule has 1 N–H and O–H groups in total. The maximum Gasteiger partial charge on any atom is 0.244 e. The molecule has 150 valence electrons. The summed E-state index contributed by atoms with van der Waals surface area (Å²) in [5.41, 5.74) is 4.43. The lowest BCUT2D eigenvalue weighted by Gasteiger charge is -2.22. The summed E-state index contributed by atoms with van der Waals surface area (Å²) in [7, 11) is -3.06. The molecule has 6 nitrogen and oxygen atoms in total. The summed E-state index contributed by atoms with van der Waals surface area (Å²) in [6, 6.07) is 8.34. The first-order valence-electron chi connectivity index (χ1n) is 9.37. The van der Waals surface area contributed by atoms with E-state index in [0.717, 1.165) is 17.0 Å². The van der Waals surface area contributed by atoms with Crippen LogP contribution < -0.4 is 5.32 Å². The molecule has 2 heterocycles. The van der Waals surface area contributed by atoms with Gasteiger partial charge in [0, 0.05) is 17.3 Å². The minimum atomic E-state index is -3.06. The molecule has 1 aliphatic heterocycles. The number of hydrogen-bond donors (Lipinski definition) is 1. The van der Waals surface area contributed by atoms with Crippen molar-refractivity contribution in [1.82, 2.24) is 15.1 Å². The predicted molar refractivity (Wildman–Crippen MR) is 111 cm³/mol. The van der Waals surface area contributed by atoms with Gasteiger partial charge in [0.05, 0.1) is 29.3 Å². The van der Waals surface area contributed by atoms with Crippen molar-refractivity contribution in [3.8, 4) is 0 Å². The summed E-state index contributed by atoms with van der Waals surface area (Å²) in [6.07, 6.45) is 3.66. The zero-order valence-electron chi connectivity index (χ0n) is 16.8. The molecule has 1 unspecified atom stereocenters. The molecule has 1 amide bonds. The van der Waals surface area contributed by atoms with E-state index in [0.29, 0.717) is 13.0 Å². The molecule has 0 bridgehead atoms. The molecule has 1 saturated heterocycles. The van der Waals surface area contributed by atoms with Crippen LogP contribution in [0.1, 0.15) is 41.4 Å². The van der Waals surface area contributed by atoms with Gasteiger partial charge >= 0.3 is 0 Å². The minimum Gasteiger partial charge on any atom is -0.346 e. The van der Waals surface area contributed by atoms with Crippen LogP contribution in [0.3, 0.4) is 0 Å². The van der Waals surface area contributed by atoms with Crippen molar-refractivity contribution in [2.45, 2.75) is 46.2 Å². The van der Waals surface area contributed by atoms with Gasteiger partial charge in [-0.05, 0) is 45.8 Å². The van der Waals surface area contributed by atoms with E-state index in [2.05, 4.69) is 41.6 Å². The molecule has 2 aromatic rings. The van der Waals surface area contributed by atoms with E-state index in [4.69, 9.17) is 0 Å². The first-order valence-corrected chi connectivity index (χ1v) is 11.2. The number of carbonyl (C=O) groups is 1.